The third-order valence-corrected chi connectivity index (χ3v) is 6.86. The van der Waals surface area contributed by atoms with Crippen LogP contribution in [-0.4, -0.2) is 29.3 Å². The monoisotopic (exact) mass is 532 g/mol. The van der Waals surface area contributed by atoms with Gasteiger partial charge in [0.25, 0.3) is 0 Å². The average molecular weight is 533 g/mol. The number of rotatable bonds is 17. The number of unbranched alkanes of at least 4 members (excludes halogenated alkanes) is 8. The summed E-state index contributed by atoms with van der Waals surface area (Å²) < 4.78 is 16.3. The minimum absolute atomic E-state index is 0.249. The molecular formula is C33H44N2O4. The van der Waals surface area contributed by atoms with Crippen molar-refractivity contribution >= 4 is 6.16 Å². The predicted molar refractivity (Wildman–Crippen MR) is 157 cm³/mol. The van der Waals surface area contributed by atoms with Crippen LogP contribution < -0.4 is 9.47 Å². The van der Waals surface area contributed by atoms with Gasteiger partial charge in [0.15, 0.2) is 11.6 Å². The Morgan fingerprint density at radius 3 is 2.03 bits per heavy atom. The fraction of sp³-hybridized carbons (Fsp3) is 0.485. The molecule has 3 rings (SSSR count). The van der Waals surface area contributed by atoms with Gasteiger partial charge in [-0.2, -0.15) is 0 Å². The molecule has 210 valence electrons. The van der Waals surface area contributed by atoms with Gasteiger partial charge >= 0.3 is 6.16 Å². The predicted octanol–water partition coefficient (Wildman–Crippen LogP) is 9.28. The molecule has 1 heterocycles. The molecule has 3 aromatic rings. The molecule has 39 heavy (non-hydrogen) atoms. The van der Waals surface area contributed by atoms with Crippen LogP contribution in [0, 0.1) is 5.92 Å². The number of benzene rings is 2. The molecule has 0 amide bonds. The molecule has 1 atom stereocenters. The number of nitrogens with zero attached hydrogens (tertiary/aromatic N) is 2. The smallest absolute Gasteiger partial charge is 0.494 e. The normalized spacial score (nSPS) is 11.7. The summed E-state index contributed by atoms with van der Waals surface area (Å²) in [5.41, 5.74) is 2.97. The molecule has 0 saturated carbocycles. The number of hydrogen-bond acceptors (Lipinski definition) is 6. The third-order valence-electron chi connectivity index (χ3n) is 6.86. The Labute approximate surface area is 234 Å². The zero-order chi connectivity index (χ0) is 27.7. The molecule has 0 radical (unpaired) electrons. The van der Waals surface area contributed by atoms with Crippen LogP contribution in [0.3, 0.4) is 0 Å². The Balaban J connectivity index is 1.49. The molecule has 0 N–H and O–H groups in total. The largest absolute Gasteiger partial charge is 0.513 e. The maximum atomic E-state index is 11.9. The van der Waals surface area contributed by atoms with E-state index >= 15 is 0 Å². The van der Waals surface area contributed by atoms with Crippen LogP contribution in [0.15, 0.2) is 60.9 Å². The molecule has 2 aromatic carbocycles. The van der Waals surface area contributed by atoms with E-state index < -0.39 is 6.16 Å². The lowest BCUT2D eigenvalue weighted by Crippen LogP contribution is -2.15. The SMILES string of the molecule is CCCCCCCCCCCOc1ccc(-c2ccccc2-c2ncc(OC(=O)OC[C@@H](C)CC)cn2)cc1. The minimum Gasteiger partial charge on any atom is -0.494 e. The van der Waals surface area contributed by atoms with Gasteiger partial charge in [-0.25, -0.2) is 14.8 Å². The van der Waals surface area contributed by atoms with Crippen molar-refractivity contribution in [2.75, 3.05) is 13.2 Å². The van der Waals surface area contributed by atoms with Crippen LogP contribution in [-0.2, 0) is 4.74 Å². The standard InChI is InChI=1S/C33H44N2O4/c1-4-6-7-8-9-10-11-12-15-22-37-28-20-18-27(19-21-28)30-16-13-14-17-31(30)32-34-23-29(24-35-32)39-33(36)38-25-26(3)5-2/h13-14,16-21,23-24,26H,4-12,15,22,25H2,1-3H3/t26-/m0/s1. The van der Waals surface area contributed by atoms with Gasteiger partial charge in [0.05, 0.1) is 25.6 Å². The van der Waals surface area contributed by atoms with Crippen LogP contribution in [0.5, 0.6) is 11.5 Å². The molecule has 0 bridgehead atoms. The maximum Gasteiger partial charge on any atom is 0.513 e. The Bertz CT molecular complexity index is 1100. The number of ether oxygens (including phenoxy) is 3. The zero-order valence-corrected chi connectivity index (χ0v) is 23.9. The summed E-state index contributed by atoms with van der Waals surface area (Å²) in [7, 11) is 0. The molecule has 6 heteroatoms. The second-order valence-electron chi connectivity index (χ2n) is 10.2. The highest BCUT2D eigenvalue weighted by atomic mass is 16.7. The van der Waals surface area contributed by atoms with Crippen LogP contribution in [0.4, 0.5) is 4.79 Å². The van der Waals surface area contributed by atoms with Crippen LogP contribution in [0.25, 0.3) is 22.5 Å². The molecule has 0 aliphatic carbocycles. The Hall–Kier alpha value is -3.41. The highest BCUT2D eigenvalue weighted by molar-refractivity contribution is 5.80. The summed E-state index contributed by atoms with van der Waals surface area (Å²) in [4.78, 5) is 20.8. The molecule has 6 nitrogen and oxygen atoms in total. The van der Waals surface area contributed by atoms with Gasteiger partial charge in [0, 0.05) is 5.56 Å². The topological polar surface area (TPSA) is 70.5 Å². The van der Waals surface area contributed by atoms with Gasteiger partial charge in [-0.05, 0) is 35.6 Å². The second-order valence-corrected chi connectivity index (χ2v) is 10.2. The maximum absolute atomic E-state index is 11.9. The van der Waals surface area contributed by atoms with Crippen LogP contribution in [0.1, 0.15) is 85.0 Å². The van der Waals surface area contributed by atoms with Gasteiger partial charge in [-0.3, -0.25) is 0 Å². The fourth-order valence-corrected chi connectivity index (χ4v) is 4.23. The van der Waals surface area contributed by atoms with Crippen molar-refractivity contribution in [1.29, 1.82) is 0 Å². The molecule has 1 aromatic heterocycles. The highest BCUT2D eigenvalue weighted by Crippen LogP contribution is 2.31. The first-order chi connectivity index (χ1) is 19.1. The lowest BCUT2D eigenvalue weighted by atomic mass is 9.99. The third kappa shape index (κ3) is 10.7. The van der Waals surface area contributed by atoms with E-state index in [1.807, 2.05) is 50.2 Å². The number of carbonyl (C=O) groups is 1. The summed E-state index contributed by atoms with van der Waals surface area (Å²) in [5, 5.41) is 0. The van der Waals surface area contributed by atoms with Crippen molar-refractivity contribution in [3.63, 3.8) is 0 Å². The van der Waals surface area contributed by atoms with E-state index in [1.54, 1.807) is 0 Å². The molecule has 0 aliphatic rings. The van der Waals surface area contributed by atoms with Gasteiger partial charge in [-0.15, -0.1) is 0 Å². The Morgan fingerprint density at radius 2 is 1.38 bits per heavy atom. The van der Waals surface area contributed by atoms with E-state index in [1.165, 1.54) is 63.8 Å². The summed E-state index contributed by atoms with van der Waals surface area (Å²) in [6.45, 7) is 7.40. The lowest BCUT2D eigenvalue weighted by Gasteiger charge is -2.11. The van der Waals surface area contributed by atoms with Crippen molar-refractivity contribution in [3.8, 4) is 34.0 Å². The lowest BCUT2D eigenvalue weighted by molar-refractivity contribution is 0.0855. The summed E-state index contributed by atoms with van der Waals surface area (Å²) >= 11 is 0. The Kier molecular flexibility index (Phi) is 13.3. The van der Waals surface area contributed by atoms with Crippen LogP contribution in [0.2, 0.25) is 0 Å². The highest BCUT2D eigenvalue weighted by Gasteiger charge is 2.12. The van der Waals surface area contributed by atoms with E-state index in [2.05, 4.69) is 29.0 Å². The zero-order valence-electron chi connectivity index (χ0n) is 23.9. The molecule has 0 spiro atoms. The number of hydrogen-bond donors (Lipinski definition) is 0. The molecule has 0 aliphatic heterocycles. The number of carbonyl (C=O) groups excluding carboxylic acids is 1. The fourth-order valence-electron chi connectivity index (χ4n) is 4.23. The Morgan fingerprint density at radius 1 is 0.769 bits per heavy atom. The second kappa shape index (κ2) is 17.2. The summed E-state index contributed by atoms with van der Waals surface area (Å²) in [5.74, 6) is 1.97. The van der Waals surface area contributed by atoms with Crippen molar-refractivity contribution in [2.45, 2.75) is 85.0 Å². The van der Waals surface area contributed by atoms with Crippen LogP contribution >= 0.6 is 0 Å². The van der Waals surface area contributed by atoms with E-state index in [4.69, 9.17) is 14.2 Å². The minimum atomic E-state index is -0.743. The first-order valence-corrected chi connectivity index (χ1v) is 14.6. The molecule has 0 unspecified atom stereocenters. The average Bonchev–Trinajstić information content (AvgIpc) is 2.97. The van der Waals surface area contributed by atoms with Crippen molar-refractivity contribution in [2.24, 2.45) is 5.92 Å². The molecular weight excluding hydrogens is 488 g/mol. The molecule has 0 saturated heterocycles. The van der Waals surface area contributed by atoms with Crippen molar-refractivity contribution < 1.29 is 19.0 Å². The van der Waals surface area contributed by atoms with Gasteiger partial charge in [-0.1, -0.05) is 115 Å². The van der Waals surface area contributed by atoms with E-state index in [9.17, 15) is 4.79 Å². The molecule has 0 fully saturated rings. The van der Waals surface area contributed by atoms with Crippen molar-refractivity contribution in [3.05, 3.63) is 60.9 Å². The van der Waals surface area contributed by atoms with E-state index in [-0.39, 0.29) is 11.7 Å². The first-order valence-electron chi connectivity index (χ1n) is 14.6. The summed E-state index contributed by atoms with van der Waals surface area (Å²) in [6, 6.07) is 16.2. The van der Waals surface area contributed by atoms with Crippen molar-refractivity contribution in [1.82, 2.24) is 9.97 Å². The quantitative estimate of drug-likeness (QED) is 0.127. The van der Waals surface area contributed by atoms with Gasteiger partial charge in [0.1, 0.15) is 5.75 Å². The van der Waals surface area contributed by atoms with Gasteiger partial charge in [0.2, 0.25) is 0 Å². The summed E-state index contributed by atoms with van der Waals surface area (Å²) in [6.07, 6.45) is 14.9. The van der Waals surface area contributed by atoms with E-state index in [0.29, 0.717) is 12.4 Å². The van der Waals surface area contributed by atoms with Gasteiger partial charge < -0.3 is 14.2 Å². The first kappa shape index (κ1) is 30.1. The number of aromatic nitrogens is 2. The van der Waals surface area contributed by atoms with E-state index in [0.717, 1.165) is 41.9 Å².